The molecule has 1 aromatic carbocycles. The second-order valence-electron chi connectivity index (χ2n) is 5.10. The number of benzene rings is 1. The molecule has 5 nitrogen and oxygen atoms in total. The van der Waals surface area contributed by atoms with Crippen molar-refractivity contribution >= 4 is 22.7 Å². The first-order valence-corrected chi connectivity index (χ1v) is 6.85. The van der Waals surface area contributed by atoms with Gasteiger partial charge in [0.15, 0.2) is 0 Å². The third-order valence-electron chi connectivity index (χ3n) is 3.21. The van der Waals surface area contributed by atoms with Gasteiger partial charge in [-0.05, 0) is 32.0 Å². The van der Waals surface area contributed by atoms with Crippen molar-refractivity contribution < 1.29 is 0 Å². The zero-order chi connectivity index (χ0) is 14.8. The summed E-state index contributed by atoms with van der Waals surface area (Å²) >= 11 is 0. The molecule has 0 bridgehead atoms. The maximum atomic E-state index is 12.0. The normalized spacial score (nSPS) is 11.0. The molecule has 0 atom stereocenters. The zero-order valence-corrected chi connectivity index (χ0v) is 11.9. The first-order valence-electron chi connectivity index (χ1n) is 6.85. The summed E-state index contributed by atoms with van der Waals surface area (Å²) < 4.78 is 1.67. The molecule has 0 spiro atoms. The zero-order valence-electron chi connectivity index (χ0n) is 11.9. The average Bonchev–Trinajstić information content (AvgIpc) is 2.47. The van der Waals surface area contributed by atoms with Crippen molar-refractivity contribution in [3.05, 3.63) is 59.0 Å². The van der Waals surface area contributed by atoms with Crippen LogP contribution in [0.3, 0.4) is 0 Å². The van der Waals surface area contributed by atoms with Crippen molar-refractivity contribution in [3.63, 3.8) is 0 Å². The van der Waals surface area contributed by atoms with Crippen LogP contribution in [0.5, 0.6) is 0 Å². The predicted molar refractivity (Wildman–Crippen MR) is 83.9 cm³/mol. The molecule has 0 amide bonds. The van der Waals surface area contributed by atoms with Gasteiger partial charge in [-0.15, -0.1) is 0 Å². The van der Waals surface area contributed by atoms with Gasteiger partial charge in [0.2, 0.25) is 5.95 Å². The van der Waals surface area contributed by atoms with Crippen molar-refractivity contribution in [2.45, 2.75) is 19.9 Å². The number of rotatable bonds is 3. The molecule has 106 valence electrons. The van der Waals surface area contributed by atoms with Crippen molar-refractivity contribution in [2.24, 2.45) is 0 Å². The summed E-state index contributed by atoms with van der Waals surface area (Å²) in [7, 11) is 0. The van der Waals surface area contributed by atoms with Gasteiger partial charge in [0.05, 0.1) is 0 Å². The summed E-state index contributed by atoms with van der Waals surface area (Å²) in [6.45, 7) is 3.93. The van der Waals surface area contributed by atoms with E-state index in [2.05, 4.69) is 15.3 Å². The minimum Gasteiger partial charge on any atom is -0.324 e. The highest BCUT2D eigenvalue weighted by atomic mass is 16.1. The van der Waals surface area contributed by atoms with Crippen LogP contribution in [0.1, 0.15) is 19.9 Å². The first kappa shape index (κ1) is 13.3. The monoisotopic (exact) mass is 280 g/mol. The fourth-order valence-electron chi connectivity index (χ4n) is 2.25. The Kier molecular flexibility index (Phi) is 3.39. The Morgan fingerprint density at radius 1 is 1.10 bits per heavy atom. The van der Waals surface area contributed by atoms with Gasteiger partial charge in [0.1, 0.15) is 5.65 Å². The highest BCUT2D eigenvalue weighted by Gasteiger charge is 2.09. The molecule has 0 aliphatic heterocycles. The molecular weight excluding hydrogens is 264 g/mol. The van der Waals surface area contributed by atoms with Crippen LogP contribution in [0.25, 0.3) is 11.0 Å². The number of pyridine rings is 1. The Bertz CT molecular complexity index is 825. The fourth-order valence-corrected chi connectivity index (χ4v) is 2.25. The van der Waals surface area contributed by atoms with Crippen LogP contribution in [0, 0.1) is 0 Å². The number of hydrogen-bond acceptors (Lipinski definition) is 4. The van der Waals surface area contributed by atoms with E-state index in [1.54, 1.807) is 22.9 Å². The van der Waals surface area contributed by atoms with Gasteiger partial charge < -0.3 is 5.32 Å². The molecular formula is C16H16N4O. The smallest absolute Gasteiger partial charge is 0.252 e. The lowest BCUT2D eigenvalue weighted by atomic mass is 10.3. The molecule has 3 aromatic rings. The number of anilines is 2. The van der Waals surface area contributed by atoms with Crippen LogP contribution in [-0.2, 0) is 0 Å². The molecule has 0 aliphatic rings. The standard InChI is InChI=1S/C16H16N4O/c1-11(2)20-14(21)9-8-12-10-17-16(19-15(12)20)18-13-6-4-3-5-7-13/h3-11H,1-2H3,(H,17,18,19). The molecule has 3 rings (SSSR count). The van der Waals surface area contributed by atoms with E-state index in [4.69, 9.17) is 0 Å². The maximum Gasteiger partial charge on any atom is 0.252 e. The van der Waals surface area contributed by atoms with E-state index in [0.29, 0.717) is 11.6 Å². The van der Waals surface area contributed by atoms with Gasteiger partial charge in [0, 0.05) is 29.4 Å². The summed E-state index contributed by atoms with van der Waals surface area (Å²) in [4.78, 5) is 20.8. The summed E-state index contributed by atoms with van der Waals surface area (Å²) in [6.07, 6.45) is 1.73. The lowest BCUT2D eigenvalue weighted by Crippen LogP contribution is -2.22. The number of nitrogens with zero attached hydrogens (tertiary/aromatic N) is 3. The van der Waals surface area contributed by atoms with Crippen molar-refractivity contribution in [2.75, 3.05) is 5.32 Å². The maximum absolute atomic E-state index is 12.0. The van der Waals surface area contributed by atoms with E-state index in [-0.39, 0.29) is 11.6 Å². The van der Waals surface area contributed by atoms with Crippen molar-refractivity contribution in [1.82, 2.24) is 14.5 Å². The SMILES string of the molecule is CC(C)n1c(=O)ccc2cnc(Nc3ccccc3)nc21. The number of para-hydroxylation sites is 1. The molecule has 0 radical (unpaired) electrons. The summed E-state index contributed by atoms with van der Waals surface area (Å²) in [5.74, 6) is 0.480. The highest BCUT2D eigenvalue weighted by Crippen LogP contribution is 2.17. The van der Waals surface area contributed by atoms with Gasteiger partial charge in [-0.2, -0.15) is 4.98 Å². The van der Waals surface area contributed by atoms with Crippen molar-refractivity contribution in [3.8, 4) is 0 Å². The molecule has 2 aromatic heterocycles. The second kappa shape index (κ2) is 5.36. The number of nitrogens with one attached hydrogen (secondary N) is 1. The van der Waals surface area contributed by atoms with Crippen LogP contribution in [0.15, 0.2) is 53.5 Å². The van der Waals surface area contributed by atoms with Crippen LogP contribution in [-0.4, -0.2) is 14.5 Å². The van der Waals surface area contributed by atoms with E-state index >= 15 is 0 Å². The van der Waals surface area contributed by atoms with Crippen molar-refractivity contribution in [1.29, 1.82) is 0 Å². The Balaban J connectivity index is 2.10. The van der Waals surface area contributed by atoms with E-state index in [9.17, 15) is 4.79 Å². The molecule has 0 saturated heterocycles. The van der Waals surface area contributed by atoms with Crippen LogP contribution in [0.4, 0.5) is 11.6 Å². The topological polar surface area (TPSA) is 59.8 Å². The first-order chi connectivity index (χ1) is 10.1. The Morgan fingerprint density at radius 2 is 1.86 bits per heavy atom. The molecule has 1 N–H and O–H groups in total. The van der Waals surface area contributed by atoms with Gasteiger partial charge in [-0.1, -0.05) is 18.2 Å². The third-order valence-corrected chi connectivity index (χ3v) is 3.21. The van der Waals surface area contributed by atoms with Gasteiger partial charge in [-0.3, -0.25) is 9.36 Å². The minimum absolute atomic E-state index is 0.0423. The number of aromatic nitrogens is 3. The molecule has 21 heavy (non-hydrogen) atoms. The van der Waals surface area contributed by atoms with E-state index in [1.807, 2.05) is 44.2 Å². The quantitative estimate of drug-likeness (QED) is 0.800. The molecule has 5 heteroatoms. The average molecular weight is 280 g/mol. The molecule has 0 aliphatic carbocycles. The minimum atomic E-state index is -0.0538. The van der Waals surface area contributed by atoms with Gasteiger partial charge in [0.25, 0.3) is 5.56 Å². The molecule has 2 heterocycles. The van der Waals surface area contributed by atoms with Crippen LogP contribution < -0.4 is 10.9 Å². The lowest BCUT2D eigenvalue weighted by Gasteiger charge is -2.13. The van der Waals surface area contributed by atoms with E-state index in [0.717, 1.165) is 11.1 Å². The number of fused-ring (bicyclic) bond motifs is 1. The van der Waals surface area contributed by atoms with E-state index < -0.39 is 0 Å². The molecule has 0 unspecified atom stereocenters. The van der Waals surface area contributed by atoms with Crippen LogP contribution in [0.2, 0.25) is 0 Å². The Hall–Kier alpha value is -2.69. The molecule has 0 saturated carbocycles. The fraction of sp³-hybridized carbons (Fsp3) is 0.188. The number of hydrogen-bond donors (Lipinski definition) is 1. The molecule has 0 fully saturated rings. The summed E-state index contributed by atoms with van der Waals surface area (Å²) in [5.41, 5.74) is 1.50. The largest absolute Gasteiger partial charge is 0.324 e. The summed E-state index contributed by atoms with van der Waals surface area (Å²) in [5, 5.41) is 3.99. The Labute approximate surface area is 122 Å². The van der Waals surface area contributed by atoms with Crippen LogP contribution >= 0.6 is 0 Å². The predicted octanol–water partition coefficient (Wildman–Crippen LogP) is 3.12. The summed E-state index contributed by atoms with van der Waals surface area (Å²) in [6, 6.07) is 13.0. The van der Waals surface area contributed by atoms with Gasteiger partial charge >= 0.3 is 0 Å². The Morgan fingerprint density at radius 3 is 2.57 bits per heavy atom. The van der Waals surface area contributed by atoms with E-state index in [1.165, 1.54) is 0 Å². The second-order valence-corrected chi connectivity index (χ2v) is 5.10. The lowest BCUT2D eigenvalue weighted by molar-refractivity contribution is 0.595. The highest BCUT2D eigenvalue weighted by molar-refractivity contribution is 5.75. The van der Waals surface area contributed by atoms with Gasteiger partial charge in [-0.25, -0.2) is 4.98 Å². The third kappa shape index (κ3) is 2.63.